The van der Waals surface area contributed by atoms with E-state index in [2.05, 4.69) is 5.32 Å². The summed E-state index contributed by atoms with van der Waals surface area (Å²) in [7, 11) is 0. The van der Waals surface area contributed by atoms with Crippen molar-refractivity contribution in [2.45, 2.75) is 45.8 Å². The Hall–Kier alpha value is -2.24. The number of ether oxygens (including phenoxy) is 2. The van der Waals surface area contributed by atoms with Crippen molar-refractivity contribution in [1.29, 1.82) is 0 Å². The molecule has 0 saturated heterocycles. The quantitative estimate of drug-likeness (QED) is 0.843. The number of hydrogen-bond acceptors (Lipinski definition) is 4. The van der Waals surface area contributed by atoms with Gasteiger partial charge in [0.2, 0.25) is 0 Å². The van der Waals surface area contributed by atoms with E-state index in [1.807, 2.05) is 6.92 Å². The van der Waals surface area contributed by atoms with Crippen LogP contribution in [0.25, 0.3) is 0 Å². The Morgan fingerprint density at radius 2 is 1.82 bits per heavy atom. The van der Waals surface area contributed by atoms with E-state index in [-0.39, 0.29) is 6.42 Å². The maximum absolute atomic E-state index is 11.8. The molecule has 0 saturated carbocycles. The summed E-state index contributed by atoms with van der Waals surface area (Å²) in [4.78, 5) is 22.8. The topological polar surface area (TPSA) is 84.9 Å². The number of nitrogens with one attached hydrogen (secondary N) is 1. The van der Waals surface area contributed by atoms with Crippen LogP contribution < -0.4 is 10.1 Å². The first-order chi connectivity index (χ1) is 10.2. The average Bonchev–Trinajstić information content (AvgIpc) is 2.36. The van der Waals surface area contributed by atoms with E-state index in [1.54, 1.807) is 45.0 Å². The van der Waals surface area contributed by atoms with Crippen LogP contribution in [0.5, 0.6) is 5.75 Å². The molecule has 6 heteroatoms. The van der Waals surface area contributed by atoms with E-state index in [0.29, 0.717) is 17.9 Å². The lowest BCUT2D eigenvalue weighted by atomic mass is 10.0. The summed E-state index contributed by atoms with van der Waals surface area (Å²) in [5.41, 5.74) is 0.0353. The number of carboxylic acid groups (broad SMARTS) is 1. The summed E-state index contributed by atoms with van der Waals surface area (Å²) in [6.45, 7) is 7.67. The van der Waals surface area contributed by atoms with E-state index in [1.165, 1.54) is 0 Å². The minimum absolute atomic E-state index is 0.229. The van der Waals surface area contributed by atoms with Crippen molar-refractivity contribution in [3.8, 4) is 5.75 Å². The number of carbonyl (C=O) groups is 2. The second-order valence-electron chi connectivity index (χ2n) is 5.80. The molecule has 1 rings (SSSR count). The fourth-order valence-corrected chi connectivity index (χ4v) is 1.84. The zero-order valence-corrected chi connectivity index (χ0v) is 13.4. The molecule has 0 aromatic heterocycles. The van der Waals surface area contributed by atoms with Crippen molar-refractivity contribution in [2.24, 2.45) is 0 Å². The van der Waals surface area contributed by atoms with E-state index in [4.69, 9.17) is 14.6 Å². The number of carboxylic acids is 1. The smallest absolute Gasteiger partial charge is 0.408 e. The molecule has 0 bridgehead atoms. The lowest BCUT2D eigenvalue weighted by Gasteiger charge is -2.23. The van der Waals surface area contributed by atoms with Crippen molar-refractivity contribution in [3.63, 3.8) is 0 Å². The van der Waals surface area contributed by atoms with Gasteiger partial charge in [-0.2, -0.15) is 0 Å². The van der Waals surface area contributed by atoms with Gasteiger partial charge in [-0.15, -0.1) is 0 Å². The fraction of sp³-hybridized carbons (Fsp3) is 0.500. The normalized spacial score (nSPS) is 12.4. The van der Waals surface area contributed by atoms with Crippen molar-refractivity contribution in [1.82, 2.24) is 5.32 Å². The molecule has 0 radical (unpaired) electrons. The van der Waals surface area contributed by atoms with Crippen molar-refractivity contribution < 1.29 is 24.2 Å². The standard InChI is InChI=1S/C16H23NO5/c1-5-21-12-8-6-11(7-9-12)13(10-14(18)19)17-15(20)22-16(2,3)4/h6-9,13H,5,10H2,1-4H3,(H,17,20)(H,18,19)/t13-/m1/s1. The van der Waals surface area contributed by atoms with Gasteiger partial charge in [-0.05, 0) is 45.4 Å². The number of rotatable bonds is 6. The summed E-state index contributed by atoms with van der Waals surface area (Å²) in [5.74, 6) is -0.312. The molecule has 0 unspecified atom stereocenters. The molecule has 0 spiro atoms. The molecule has 0 heterocycles. The van der Waals surface area contributed by atoms with Crippen LogP contribution in [0, 0.1) is 0 Å². The molecule has 1 atom stereocenters. The molecular weight excluding hydrogens is 286 g/mol. The Kier molecular flexibility index (Phi) is 6.22. The molecule has 0 aliphatic rings. The Bertz CT molecular complexity index is 504. The van der Waals surface area contributed by atoms with Gasteiger partial charge in [-0.1, -0.05) is 12.1 Å². The third kappa shape index (κ3) is 6.47. The molecule has 1 amide bonds. The molecule has 122 valence electrons. The van der Waals surface area contributed by atoms with Crippen LogP contribution in [0.1, 0.15) is 45.7 Å². The van der Waals surface area contributed by atoms with Crippen molar-refractivity contribution in [2.75, 3.05) is 6.61 Å². The van der Waals surface area contributed by atoms with E-state index < -0.39 is 23.7 Å². The van der Waals surface area contributed by atoms with E-state index in [9.17, 15) is 9.59 Å². The van der Waals surface area contributed by atoms with Crippen molar-refractivity contribution >= 4 is 12.1 Å². The first-order valence-electron chi connectivity index (χ1n) is 7.15. The highest BCUT2D eigenvalue weighted by atomic mass is 16.6. The first-order valence-corrected chi connectivity index (χ1v) is 7.15. The van der Waals surface area contributed by atoms with Gasteiger partial charge >= 0.3 is 12.1 Å². The van der Waals surface area contributed by atoms with E-state index >= 15 is 0 Å². The molecule has 6 nitrogen and oxygen atoms in total. The number of hydrogen-bond donors (Lipinski definition) is 2. The Labute approximate surface area is 130 Å². The van der Waals surface area contributed by atoms with Crippen LogP contribution in [0.2, 0.25) is 0 Å². The highest BCUT2D eigenvalue weighted by molar-refractivity contribution is 5.72. The molecule has 0 aliphatic heterocycles. The van der Waals surface area contributed by atoms with Crippen LogP contribution in [-0.2, 0) is 9.53 Å². The molecule has 0 aliphatic carbocycles. The molecule has 0 fully saturated rings. The molecule has 2 N–H and O–H groups in total. The summed E-state index contributed by atoms with van der Waals surface area (Å²) in [5, 5.41) is 11.6. The number of amides is 1. The zero-order chi connectivity index (χ0) is 16.8. The first kappa shape index (κ1) is 17.8. The van der Waals surface area contributed by atoms with Crippen LogP contribution in [-0.4, -0.2) is 29.4 Å². The predicted molar refractivity (Wildman–Crippen MR) is 82.0 cm³/mol. The van der Waals surface area contributed by atoms with Gasteiger partial charge in [-0.25, -0.2) is 4.79 Å². The van der Waals surface area contributed by atoms with E-state index in [0.717, 1.165) is 0 Å². The van der Waals surface area contributed by atoms with Gasteiger partial charge in [0.25, 0.3) is 0 Å². The predicted octanol–water partition coefficient (Wildman–Crippen LogP) is 3.13. The van der Waals surface area contributed by atoms with Crippen LogP contribution in [0.15, 0.2) is 24.3 Å². The summed E-state index contributed by atoms with van der Waals surface area (Å²) in [6.07, 6.45) is -0.875. The highest BCUT2D eigenvalue weighted by Gasteiger charge is 2.22. The summed E-state index contributed by atoms with van der Waals surface area (Å²) < 4.78 is 10.5. The largest absolute Gasteiger partial charge is 0.494 e. The number of benzene rings is 1. The average molecular weight is 309 g/mol. The summed E-state index contributed by atoms with van der Waals surface area (Å²) in [6, 6.07) is 6.28. The Morgan fingerprint density at radius 1 is 1.23 bits per heavy atom. The van der Waals surface area contributed by atoms with Crippen LogP contribution in [0.4, 0.5) is 4.79 Å². The Balaban J connectivity index is 2.83. The van der Waals surface area contributed by atoms with Crippen LogP contribution in [0.3, 0.4) is 0 Å². The number of alkyl carbamates (subject to hydrolysis) is 1. The maximum atomic E-state index is 11.8. The molecule has 1 aromatic carbocycles. The van der Waals surface area contributed by atoms with Gasteiger partial charge in [0, 0.05) is 0 Å². The Morgan fingerprint density at radius 3 is 2.27 bits per heavy atom. The molecule has 22 heavy (non-hydrogen) atoms. The minimum Gasteiger partial charge on any atom is -0.494 e. The second kappa shape index (κ2) is 7.68. The summed E-state index contributed by atoms with van der Waals surface area (Å²) >= 11 is 0. The van der Waals surface area contributed by atoms with Crippen LogP contribution >= 0.6 is 0 Å². The third-order valence-electron chi connectivity index (χ3n) is 2.66. The monoisotopic (exact) mass is 309 g/mol. The minimum atomic E-state index is -1.00. The lowest BCUT2D eigenvalue weighted by molar-refractivity contribution is -0.137. The number of aliphatic carboxylic acids is 1. The molecular formula is C16H23NO5. The SMILES string of the molecule is CCOc1ccc([C@@H](CC(=O)O)NC(=O)OC(C)(C)C)cc1. The van der Waals surface area contributed by atoms with Gasteiger partial charge in [0.05, 0.1) is 19.1 Å². The van der Waals surface area contributed by atoms with Gasteiger partial charge in [-0.3, -0.25) is 4.79 Å². The second-order valence-corrected chi connectivity index (χ2v) is 5.80. The third-order valence-corrected chi connectivity index (χ3v) is 2.66. The number of carbonyl (C=O) groups excluding carboxylic acids is 1. The molecule has 1 aromatic rings. The zero-order valence-electron chi connectivity index (χ0n) is 13.4. The highest BCUT2D eigenvalue weighted by Crippen LogP contribution is 2.21. The lowest BCUT2D eigenvalue weighted by Crippen LogP contribution is -2.35. The maximum Gasteiger partial charge on any atom is 0.408 e. The fourth-order valence-electron chi connectivity index (χ4n) is 1.84. The van der Waals surface area contributed by atoms with Gasteiger partial charge in [0.15, 0.2) is 0 Å². The van der Waals surface area contributed by atoms with Crippen molar-refractivity contribution in [3.05, 3.63) is 29.8 Å². The van der Waals surface area contributed by atoms with Gasteiger partial charge < -0.3 is 19.9 Å². The van der Waals surface area contributed by atoms with Gasteiger partial charge in [0.1, 0.15) is 11.4 Å².